The Morgan fingerprint density at radius 1 is 1.47 bits per heavy atom. The molecule has 0 radical (unpaired) electrons. The fourth-order valence-corrected chi connectivity index (χ4v) is 2.81. The van der Waals surface area contributed by atoms with E-state index in [1.54, 1.807) is 17.4 Å². The molecule has 1 unspecified atom stereocenters. The molecule has 19 heavy (non-hydrogen) atoms. The van der Waals surface area contributed by atoms with Crippen molar-refractivity contribution in [1.82, 2.24) is 9.88 Å². The van der Waals surface area contributed by atoms with E-state index in [0.29, 0.717) is 23.4 Å². The number of nitrogens with two attached hydrogens (primary N) is 1. The maximum atomic E-state index is 6.17. The Labute approximate surface area is 122 Å². The summed E-state index contributed by atoms with van der Waals surface area (Å²) in [5.41, 5.74) is 3.36. The molecule has 0 saturated heterocycles. The van der Waals surface area contributed by atoms with E-state index in [0.717, 1.165) is 5.69 Å². The van der Waals surface area contributed by atoms with E-state index in [-0.39, 0.29) is 0 Å². The van der Waals surface area contributed by atoms with Crippen molar-refractivity contribution < 1.29 is 0 Å². The van der Waals surface area contributed by atoms with Crippen LogP contribution < -0.4 is 11.3 Å². The largest absolute Gasteiger partial charge is 0.308 e. The molecule has 2 heterocycles. The van der Waals surface area contributed by atoms with E-state index in [9.17, 15) is 0 Å². The third-order valence-corrected chi connectivity index (χ3v) is 4.47. The predicted molar refractivity (Wildman–Crippen MR) is 81.3 cm³/mol. The summed E-state index contributed by atoms with van der Waals surface area (Å²) in [5.74, 6) is 5.99. The Morgan fingerprint density at radius 2 is 2.26 bits per heavy atom. The molecule has 2 rings (SSSR count). The van der Waals surface area contributed by atoms with Crippen LogP contribution in [0.4, 0.5) is 5.82 Å². The fourth-order valence-electron chi connectivity index (χ4n) is 1.79. The van der Waals surface area contributed by atoms with E-state index < -0.39 is 0 Å². The van der Waals surface area contributed by atoms with Gasteiger partial charge in [0, 0.05) is 17.5 Å². The highest BCUT2D eigenvalue weighted by Gasteiger charge is 2.15. The molecular formula is C13H17ClN4S. The molecule has 0 fully saturated rings. The summed E-state index contributed by atoms with van der Waals surface area (Å²) in [6.45, 7) is 2.85. The summed E-state index contributed by atoms with van der Waals surface area (Å²) < 4.78 is 0. The van der Waals surface area contributed by atoms with Gasteiger partial charge in [-0.15, -0.1) is 11.3 Å². The van der Waals surface area contributed by atoms with Gasteiger partial charge in [-0.05, 0) is 37.6 Å². The maximum absolute atomic E-state index is 6.17. The second-order valence-corrected chi connectivity index (χ2v) is 5.76. The Bertz CT molecular complexity index is 529. The molecule has 1 atom stereocenters. The summed E-state index contributed by atoms with van der Waals surface area (Å²) in [4.78, 5) is 7.92. The smallest absolute Gasteiger partial charge is 0.140 e. The molecule has 0 bridgehead atoms. The van der Waals surface area contributed by atoms with Crippen LogP contribution in [0.3, 0.4) is 0 Å². The Balaban J connectivity index is 2.12. The number of aromatic nitrogens is 1. The van der Waals surface area contributed by atoms with Crippen LogP contribution in [-0.2, 0) is 6.54 Å². The number of anilines is 1. The second kappa shape index (κ2) is 6.34. The minimum Gasteiger partial charge on any atom is -0.308 e. The van der Waals surface area contributed by atoms with Crippen LogP contribution in [0.1, 0.15) is 23.5 Å². The summed E-state index contributed by atoms with van der Waals surface area (Å²) >= 11 is 7.93. The van der Waals surface area contributed by atoms with Gasteiger partial charge in [0.1, 0.15) is 5.82 Å². The van der Waals surface area contributed by atoms with Crippen molar-refractivity contribution in [3.63, 3.8) is 0 Å². The fraction of sp³-hybridized carbons (Fsp3) is 0.308. The molecule has 3 N–H and O–H groups in total. The quantitative estimate of drug-likeness (QED) is 0.657. The number of thiophene rings is 1. The van der Waals surface area contributed by atoms with Crippen molar-refractivity contribution in [1.29, 1.82) is 0 Å². The van der Waals surface area contributed by atoms with Gasteiger partial charge in [0.05, 0.1) is 10.7 Å². The topological polar surface area (TPSA) is 54.2 Å². The average Bonchev–Trinajstić information content (AvgIpc) is 2.94. The summed E-state index contributed by atoms with van der Waals surface area (Å²) in [7, 11) is 2.06. The highest BCUT2D eigenvalue weighted by molar-refractivity contribution is 7.10. The molecular weight excluding hydrogens is 280 g/mol. The molecule has 0 aliphatic heterocycles. The molecule has 6 heteroatoms. The molecule has 2 aromatic heterocycles. The molecule has 0 aliphatic carbocycles. The first-order valence-corrected chi connectivity index (χ1v) is 7.23. The summed E-state index contributed by atoms with van der Waals surface area (Å²) in [6, 6.07) is 8.09. The highest BCUT2D eigenvalue weighted by Crippen LogP contribution is 2.26. The zero-order chi connectivity index (χ0) is 13.8. The van der Waals surface area contributed by atoms with Crippen LogP contribution in [0.15, 0.2) is 29.6 Å². The first-order valence-electron chi connectivity index (χ1n) is 5.97. The van der Waals surface area contributed by atoms with Gasteiger partial charge in [-0.25, -0.2) is 10.8 Å². The van der Waals surface area contributed by atoms with Crippen molar-refractivity contribution in [3.8, 4) is 0 Å². The average molecular weight is 297 g/mol. The Kier molecular flexibility index (Phi) is 4.76. The van der Waals surface area contributed by atoms with E-state index in [1.807, 2.05) is 6.07 Å². The second-order valence-electron chi connectivity index (χ2n) is 4.38. The van der Waals surface area contributed by atoms with Gasteiger partial charge < -0.3 is 5.43 Å². The molecule has 0 amide bonds. The minimum absolute atomic E-state index is 0.326. The van der Waals surface area contributed by atoms with Crippen LogP contribution in [0, 0.1) is 0 Å². The SMILES string of the molecule is CC(c1cccs1)N(C)Cc1nc(NN)ccc1Cl. The number of nitrogen functional groups attached to an aromatic ring is 1. The van der Waals surface area contributed by atoms with Crippen molar-refractivity contribution in [2.24, 2.45) is 5.84 Å². The molecule has 2 aromatic rings. The minimum atomic E-state index is 0.326. The number of halogens is 1. The number of nitrogens with one attached hydrogen (secondary N) is 1. The van der Waals surface area contributed by atoms with Crippen molar-refractivity contribution in [2.75, 3.05) is 12.5 Å². The standard InChI is InChI=1S/C13H17ClN4S/c1-9(12-4-3-7-19-12)18(2)8-11-10(14)5-6-13(16-11)17-15/h3-7,9H,8,15H2,1-2H3,(H,16,17). The lowest BCUT2D eigenvalue weighted by Crippen LogP contribution is -2.22. The first kappa shape index (κ1) is 14.3. The molecule has 0 aromatic carbocycles. The number of hydrogen-bond donors (Lipinski definition) is 2. The maximum Gasteiger partial charge on any atom is 0.140 e. The molecule has 4 nitrogen and oxygen atoms in total. The summed E-state index contributed by atoms with van der Waals surface area (Å²) in [5, 5.41) is 2.74. The lowest BCUT2D eigenvalue weighted by Gasteiger charge is -2.23. The van der Waals surface area contributed by atoms with E-state index >= 15 is 0 Å². The monoisotopic (exact) mass is 296 g/mol. The number of hydrazine groups is 1. The van der Waals surface area contributed by atoms with Gasteiger partial charge in [-0.3, -0.25) is 4.90 Å². The number of nitrogens with zero attached hydrogens (tertiary/aromatic N) is 2. The van der Waals surface area contributed by atoms with Gasteiger partial charge >= 0.3 is 0 Å². The van der Waals surface area contributed by atoms with Gasteiger partial charge in [-0.2, -0.15) is 0 Å². The zero-order valence-electron chi connectivity index (χ0n) is 10.9. The van der Waals surface area contributed by atoms with Crippen LogP contribution in [-0.4, -0.2) is 16.9 Å². The third kappa shape index (κ3) is 3.45. The highest BCUT2D eigenvalue weighted by atomic mass is 35.5. The molecule has 102 valence electrons. The summed E-state index contributed by atoms with van der Waals surface area (Å²) in [6.07, 6.45) is 0. The first-order chi connectivity index (χ1) is 9.11. The molecule has 0 aliphatic rings. The van der Waals surface area contributed by atoms with Crippen LogP contribution in [0.5, 0.6) is 0 Å². The normalized spacial score (nSPS) is 12.7. The van der Waals surface area contributed by atoms with E-state index in [1.165, 1.54) is 4.88 Å². The van der Waals surface area contributed by atoms with E-state index in [4.69, 9.17) is 17.4 Å². The number of hydrogen-bond acceptors (Lipinski definition) is 5. The molecule has 0 spiro atoms. The lowest BCUT2D eigenvalue weighted by atomic mass is 10.2. The van der Waals surface area contributed by atoms with Gasteiger partial charge in [0.25, 0.3) is 0 Å². The van der Waals surface area contributed by atoms with Gasteiger partial charge in [0.15, 0.2) is 0 Å². The lowest BCUT2D eigenvalue weighted by molar-refractivity contribution is 0.253. The van der Waals surface area contributed by atoms with Crippen molar-refractivity contribution in [2.45, 2.75) is 19.5 Å². The molecule has 0 saturated carbocycles. The third-order valence-electron chi connectivity index (χ3n) is 3.08. The zero-order valence-corrected chi connectivity index (χ0v) is 12.5. The number of rotatable bonds is 5. The van der Waals surface area contributed by atoms with E-state index in [2.05, 4.69) is 46.8 Å². The van der Waals surface area contributed by atoms with Gasteiger partial charge in [-0.1, -0.05) is 17.7 Å². The van der Waals surface area contributed by atoms with Crippen LogP contribution >= 0.6 is 22.9 Å². The van der Waals surface area contributed by atoms with Gasteiger partial charge in [0.2, 0.25) is 0 Å². The van der Waals surface area contributed by atoms with Crippen molar-refractivity contribution >= 4 is 28.8 Å². The number of pyridine rings is 1. The van der Waals surface area contributed by atoms with Crippen LogP contribution in [0.2, 0.25) is 5.02 Å². The Hall–Kier alpha value is -1.14. The van der Waals surface area contributed by atoms with Crippen LogP contribution in [0.25, 0.3) is 0 Å². The van der Waals surface area contributed by atoms with Crippen molar-refractivity contribution in [3.05, 3.63) is 45.2 Å². The Morgan fingerprint density at radius 3 is 2.89 bits per heavy atom. The predicted octanol–water partition coefficient (Wildman–Crippen LogP) is 3.28.